The Labute approximate surface area is 199 Å². The quantitative estimate of drug-likeness (QED) is 0.389. The van der Waals surface area contributed by atoms with E-state index in [0.717, 1.165) is 24.3 Å². The fraction of sp³-hybridized carbons (Fsp3) is 0.0500. The zero-order valence-corrected chi connectivity index (χ0v) is 19.6. The predicted molar refractivity (Wildman–Crippen MR) is 119 cm³/mol. The van der Waals surface area contributed by atoms with Crippen LogP contribution in [0, 0.1) is 17.5 Å². The van der Waals surface area contributed by atoms with Crippen molar-refractivity contribution in [1.29, 1.82) is 0 Å². The summed E-state index contributed by atoms with van der Waals surface area (Å²) >= 11 is 14.6. The van der Waals surface area contributed by atoms with Gasteiger partial charge in [-0.25, -0.2) is 26.3 Å². The highest BCUT2D eigenvalue weighted by Crippen LogP contribution is 2.28. The molecule has 12 heteroatoms. The summed E-state index contributed by atoms with van der Waals surface area (Å²) in [7, 11) is -4.15. The van der Waals surface area contributed by atoms with E-state index in [-0.39, 0.29) is 16.0 Å². The van der Waals surface area contributed by atoms with Crippen molar-refractivity contribution >= 4 is 60.7 Å². The predicted octanol–water partition coefficient (Wildman–Crippen LogP) is 5.90. The molecular weight excluding hydrogens is 556 g/mol. The summed E-state index contributed by atoms with van der Waals surface area (Å²) in [5, 5.41) is 2.64. The van der Waals surface area contributed by atoms with E-state index >= 15 is 0 Å². The second-order valence-corrected chi connectivity index (χ2v) is 9.85. The number of halogens is 6. The number of amides is 1. The van der Waals surface area contributed by atoms with Gasteiger partial charge in [0.05, 0.1) is 26.2 Å². The number of hydrogen-bond acceptors (Lipinski definition) is 3. The van der Waals surface area contributed by atoms with E-state index in [1.807, 2.05) is 0 Å². The first kappa shape index (κ1) is 24.5. The summed E-state index contributed by atoms with van der Waals surface area (Å²) in [4.78, 5) is 12.1. The third-order valence-electron chi connectivity index (χ3n) is 4.19. The molecule has 0 unspecified atom stereocenters. The molecule has 0 atom stereocenters. The number of hydrogen-bond donors (Lipinski definition) is 2. The van der Waals surface area contributed by atoms with Crippen molar-refractivity contribution in [2.75, 3.05) is 5.32 Å². The molecule has 0 aromatic heterocycles. The Morgan fingerprint density at radius 2 is 1.66 bits per heavy atom. The lowest BCUT2D eigenvalue weighted by Gasteiger charge is -2.12. The molecule has 0 bridgehead atoms. The molecule has 0 heterocycles. The minimum absolute atomic E-state index is 0.115. The van der Waals surface area contributed by atoms with Gasteiger partial charge >= 0.3 is 0 Å². The van der Waals surface area contributed by atoms with Crippen LogP contribution < -0.4 is 10.0 Å². The maximum atomic E-state index is 14.2. The van der Waals surface area contributed by atoms with Crippen LogP contribution in [0.1, 0.15) is 15.9 Å². The molecule has 5 nitrogen and oxygen atoms in total. The SMILES string of the molecule is O=C(Nc1c(F)cc(F)cc1Br)c1cc(S(=O)(=O)NCc2ccc(Cl)c(Cl)c2)ccc1F. The Morgan fingerprint density at radius 3 is 2.31 bits per heavy atom. The van der Waals surface area contributed by atoms with Crippen molar-refractivity contribution in [3.8, 4) is 0 Å². The molecule has 0 aliphatic rings. The second kappa shape index (κ2) is 9.80. The third kappa shape index (κ3) is 5.62. The van der Waals surface area contributed by atoms with E-state index in [9.17, 15) is 26.4 Å². The Morgan fingerprint density at radius 1 is 0.938 bits per heavy atom. The first-order chi connectivity index (χ1) is 15.0. The van der Waals surface area contributed by atoms with Gasteiger partial charge in [0.1, 0.15) is 11.6 Å². The number of benzene rings is 3. The molecular formula is C20H12BrCl2F3N2O3S. The molecule has 0 aliphatic carbocycles. The maximum absolute atomic E-state index is 14.2. The van der Waals surface area contributed by atoms with Crippen molar-refractivity contribution in [3.63, 3.8) is 0 Å². The van der Waals surface area contributed by atoms with Crippen molar-refractivity contribution in [3.05, 3.63) is 91.6 Å². The largest absolute Gasteiger partial charge is 0.318 e. The van der Waals surface area contributed by atoms with Crippen molar-refractivity contribution in [2.24, 2.45) is 0 Å². The first-order valence-electron chi connectivity index (χ1n) is 8.67. The van der Waals surface area contributed by atoms with E-state index in [2.05, 4.69) is 26.0 Å². The minimum Gasteiger partial charge on any atom is -0.318 e. The zero-order chi connectivity index (χ0) is 23.6. The van der Waals surface area contributed by atoms with Crippen molar-refractivity contribution in [1.82, 2.24) is 4.72 Å². The average Bonchev–Trinajstić information content (AvgIpc) is 2.71. The molecule has 0 saturated carbocycles. The lowest BCUT2D eigenvalue weighted by atomic mass is 10.2. The molecule has 3 aromatic rings. The molecule has 2 N–H and O–H groups in total. The molecule has 3 rings (SSSR count). The van der Waals surface area contributed by atoms with Gasteiger partial charge < -0.3 is 5.32 Å². The van der Waals surface area contributed by atoms with E-state index in [1.54, 1.807) is 6.07 Å². The van der Waals surface area contributed by atoms with Crippen LogP contribution in [0.4, 0.5) is 18.9 Å². The highest BCUT2D eigenvalue weighted by atomic mass is 79.9. The standard InChI is InChI=1S/C20H12BrCl2F3N2O3S/c21-14-6-11(24)7-18(26)19(14)28-20(29)13-8-12(2-4-17(13)25)32(30,31)27-9-10-1-3-15(22)16(23)5-10/h1-8,27H,9H2,(H,28,29). The highest BCUT2D eigenvalue weighted by molar-refractivity contribution is 9.10. The van der Waals surface area contributed by atoms with Gasteiger partial charge in [-0.15, -0.1) is 0 Å². The number of carbonyl (C=O) groups excluding carboxylic acids is 1. The Kier molecular flexibility index (Phi) is 7.51. The van der Waals surface area contributed by atoms with E-state index in [0.29, 0.717) is 16.7 Å². The Bertz CT molecular complexity index is 1300. The number of anilines is 1. The second-order valence-electron chi connectivity index (χ2n) is 6.41. The summed E-state index contributed by atoms with van der Waals surface area (Å²) in [6, 6.07) is 8.54. The molecule has 0 spiro atoms. The molecule has 1 amide bonds. The van der Waals surface area contributed by atoms with Crippen LogP contribution in [0.3, 0.4) is 0 Å². The van der Waals surface area contributed by atoms with Gasteiger partial charge in [0.2, 0.25) is 10.0 Å². The molecule has 0 fully saturated rings. The van der Waals surface area contributed by atoms with Crippen LogP contribution in [-0.4, -0.2) is 14.3 Å². The Hall–Kier alpha value is -2.11. The molecule has 32 heavy (non-hydrogen) atoms. The number of sulfonamides is 1. The van der Waals surface area contributed by atoms with E-state index < -0.39 is 49.5 Å². The van der Waals surface area contributed by atoms with Gasteiger partial charge in [0, 0.05) is 17.1 Å². The van der Waals surface area contributed by atoms with Gasteiger partial charge in [-0.05, 0) is 57.9 Å². The van der Waals surface area contributed by atoms with Crippen LogP contribution in [0.5, 0.6) is 0 Å². The molecule has 0 aliphatic heterocycles. The fourth-order valence-electron chi connectivity index (χ4n) is 2.60. The van der Waals surface area contributed by atoms with E-state index in [1.165, 1.54) is 12.1 Å². The average molecular weight is 568 g/mol. The van der Waals surface area contributed by atoms with Crippen LogP contribution in [-0.2, 0) is 16.6 Å². The maximum Gasteiger partial charge on any atom is 0.258 e. The summed E-state index contributed by atoms with van der Waals surface area (Å²) in [6.07, 6.45) is 0. The van der Waals surface area contributed by atoms with Crippen LogP contribution in [0.2, 0.25) is 10.0 Å². The van der Waals surface area contributed by atoms with Crippen LogP contribution in [0.15, 0.2) is 57.9 Å². The molecule has 0 saturated heterocycles. The number of carbonyl (C=O) groups is 1. The molecule has 3 aromatic carbocycles. The van der Waals surface area contributed by atoms with Gasteiger partial charge in [0.15, 0.2) is 5.82 Å². The van der Waals surface area contributed by atoms with Gasteiger partial charge in [-0.3, -0.25) is 4.79 Å². The smallest absolute Gasteiger partial charge is 0.258 e. The fourth-order valence-corrected chi connectivity index (χ4v) is 4.47. The first-order valence-corrected chi connectivity index (χ1v) is 11.7. The van der Waals surface area contributed by atoms with Crippen molar-refractivity contribution in [2.45, 2.75) is 11.4 Å². The summed E-state index contributed by atoms with van der Waals surface area (Å²) in [5.41, 5.74) is -0.570. The van der Waals surface area contributed by atoms with Crippen LogP contribution in [0.25, 0.3) is 0 Å². The molecule has 168 valence electrons. The number of nitrogens with one attached hydrogen (secondary N) is 2. The summed E-state index contributed by atoms with van der Waals surface area (Å²) < 4.78 is 68.9. The van der Waals surface area contributed by atoms with Gasteiger partial charge in [0.25, 0.3) is 5.91 Å². The van der Waals surface area contributed by atoms with Gasteiger partial charge in [-0.1, -0.05) is 29.3 Å². The number of rotatable bonds is 6. The highest BCUT2D eigenvalue weighted by Gasteiger charge is 2.21. The van der Waals surface area contributed by atoms with E-state index in [4.69, 9.17) is 23.2 Å². The summed E-state index contributed by atoms with van der Waals surface area (Å²) in [6.45, 7) is -0.147. The lowest BCUT2D eigenvalue weighted by molar-refractivity contribution is 0.102. The monoisotopic (exact) mass is 566 g/mol. The topological polar surface area (TPSA) is 75.3 Å². The lowest BCUT2D eigenvalue weighted by Crippen LogP contribution is -2.24. The summed E-state index contributed by atoms with van der Waals surface area (Å²) in [5.74, 6) is -4.16. The van der Waals surface area contributed by atoms with Crippen LogP contribution >= 0.6 is 39.1 Å². The normalized spacial score (nSPS) is 11.4. The van der Waals surface area contributed by atoms with Gasteiger partial charge in [-0.2, -0.15) is 0 Å². The molecule has 0 radical (unpaired) electrons. The minimum atomic E-state index is -4.15. The van der Waals surface area contributed by atoms with Crippen molar-refractivity contribution < 1.29 is 26.4 Å². The third-order valence-corrected chi connectivity index (χ3v) is 6.95. The Balaban J connectivity index is 1.84. The zero-order valence-electron chi connectivity index (χ0n) is 15.7.